The van der Waals surface area contributed by atoms with Crippen molar-refractivity contribution in [2.75, 3.05) is 7.05 Å². The van der Waals surface area contributed by atoms with Gasteiger partial charge in [-0.2, -0.15) is 0 Å². The molecule has 0 saturated heterocycles. The van der Waals surface area contributed by atoms with Crippen molar-refractivity contribution in [3.05, 3.63) is 71.0 Å². The van der Waals surface area contributed by atoms with Crippen molar-refractivity contribution in [2.45, 2.75) is 13.1 Å². The standard InChI is InChI=1S/C16H18FN3O/c1-20(11-13-7-3-5-9-15(13)17)10-12-6-2-4-8-14(12)16(18)19-21/h2-9,21H,10-11H2,1H3,(H2,18,19). The van der Waals surface area contributed by atoms with Crippen molar-refractivity contribution in [2.24, 2.45) is 10.9 Å². The van der Waals surface area contributed by atoms with Gasteiger partial charge in [0, 0.05) is 24.2 Å². The summed E-state index contributed by atoms with van der Waals surface area (Å²) in [5.41, 5.74) is 7.91. The Morgan fingerprint density at radius 3 is 2.33 bits per heavy atom. The van der Waals surface area contributed by atoms with Gasteiger partial charge in [0.15, 0.2) is 5.84 Å². The summed E-state index contributed by atoms with van der Waals surface area (Å²) < 4.78 is 13.7. The number of oxime groups is 1. The van der Waals surface area contributed by atoms with Crippen molar-refractivity contribution >= 4 is 5.84 Å². The fourth-order valence-corrected chi connectivity index (χ4v) is 2.23. The average molecular weight is 287 g/mol. The summed E-state index contributed by atoms with van der Waals surface area (Å²) >= 11 is 0. The highest BCUT2D eigenvalue weighted by molar-refractivity contribution is 5.98. The first-order valence-electron chi connectivity index (χ1n) is 6.59. The third-order valence-corrected chi connectivity index (χ3v) is 3.24. The second-order valence-corrected chi connectivity index (χ2v) is 4.91. The van der Waals surface area contributed by atoms with Crippen LogP contribution in [0.2, 0.25) is 0 Å². The minimum absolute atomic E-state index is 0.0740. The van der Waals surface area contributed by atoms with Gasteiger partial charge in [-0.15, -0.1) is 0 Å². The molecule has 0 saturated carbocycles. The number of nitrogens with zero attached hydrogens (tertiary/aromatic N) is 2. The molecule has 5 heteroatoms. The van der Waals surface area contributed by atoms with Gasteiger partial charge in [0.1, 0.15) is 5.82 Å². The highest BCUT2D eigenvalue weighted by Crippen LogP contribution is 2.14. The van der Waals surface area contributed by atoms with E-state index >= 15 is 0 Å². The molecule has 0 heterocycles. The zero-order chi connectivity index (χ0) is 15.2. The Kier molecular flexibility index (Phi) is 4.90. The molecule has 0 bridgehead atoms. The lowest BCUT2D eigenvalue weighted by atomic mass is 10.1. The van der Waals surface area contributed by atoms with Crippen molar-refractivity contribution in [3.63, 3.8) is 0 Å². The van der Waals surface area contributed by atoms with E-state index in [0.717, 1.165) is 5.56 Å². The Labute approximate surface area is 123 Å². The molecule has 0 aliphatic heterocycles. The second kappa shape index (κ2) is 6.85. The van der Waals surface area contributed by atoms with E-state index in [0.29, 0.717) is 24.2 Å². The van der Waals surface area contributed by atoms with Gasteiger partial charge in [-0.25, -0.2) is 4.39 Å². The summed E-state index contributed by atoms with van der Waals surface area (Å²) in [4.78, 5) is 1.97. The SMILES string of the molecule is CN(Cc1ccccc1F)Cc1ccccc1C(N)=NO. The maximum Gasteiger partial charge on any atom is 0.170 e. The fourth-order valence-electron chi connectivity index (χ4n) is 2.23. The Morgan fingerprint density at radius 1 is 1.10 bits per heavy atom. The molecule has 0 aliphatic carbocycles. The predicted octanol–water partition coefficient (Wildman–Crippen LogP) is 2.55. The van der Waals surface area contributed by atoms with Crippen LogP contribution in [0.3, 0.4) is 0 Å². The smallest absolute Gasteiger partial charge is 0.170 e. The molecule has 2 aromatic carbocycles. The average Bonchev–Trinajstić information content (AvgIpc) is 2.49. The van der Waals surface area contributed by atoms with Gasteiger partial charge in [0.05, 0.1) is 0 Å². The molecular weight excluding hydrogens is 269 g/mol. The molecule has 110 valence electrons. The molecular formula is C16H18FN3O. The lowest BCUT2D eigenvalue weighted by Gasteiger charge is -2.19. The van der Waals surface area contributed by atoms with E-state index in [9.17, 15) is 4.39 Å². The summed E-state index contributed by atoms with van der Waals surface area (Å²) in [5, 5.41) is 11.9. The molecule has 0 aliphatic rings. The number of benzene rings is 2. The molecule has 2 rings (SSSR count). The first-order chi connectivity index (χ1) is 10.1. The van der Waals surface area contributed by atoms with Gasteiger partial charge in [0.25, 0.3) is 0 Å². The van der Waals surface area contributed by atoms with Gasteiger partial charge >= 0.3 is 0 Å². The zero-order valence-corrected chi connectivity index (χ0v) is 11.8. The normalized spacial score (nSPS) is 11.9. The van der Waals surface area contributed by atoms with Crippen LogP contribution in [-0.4, -0.2) is 23.0 Å². The van der Waals surface area contributed by atoms with Crippen LogP contribution in [-0.2, 0) is 13.1 Å². The first kappa shape index (κ1) is 15.0. The molecule has 0 aromatic heterocycles. The molecule has 0 atom stereocenters. The van der Waals surface area contributed by atoms with Crippen LogP contribution in [0, 0.1) is 5.82 Å². The Hall–Kier alpha value is -2.40. The number of amidine groups is 1. The number of nitrogens with two attached hydrogens (primary N) is 1. The lowest BCUT2D eigenvalue weighted by molar-refractivity contribution is 0.312. The van der Waals surface area contributed by atoms with Crippen LogP contribution in [0.15, 0.2) is 53.7 Å². The molecule has 0 unspecified atom stereocenters. The van der Waals surface area contributed by atoms with E-state index in [2.05, 4.69) is 5.16 Å². The zero-order valence-electron chi connectivity index (χ0n) is 11.8. The number of halogens is 1. The quantitative estimate of drug-likeness (QED) is 0.384. The summed E-state index contributed by atoms with van der Waals surface area (Å²) in [6.07, 6.45) is 0. The lowest BCUT2D eigenvalue weighted by Crippen LogP contribution is -2.22. The Morgan fingerprint density at radius 2 is 1.67 bits per heavy atom. The Balaban J connectivity index is 2.14. The largest absolute Gasteiger partial charge is 0.409 e. The van der Waals surface area contributed by atoms with Crippen LogP contribution in [0.5, 0.6) is 0 Å². The summed E-state index contributed by atoms with van der Waals surface area (Å²) in [6.45, 7) is 1.05. The molecule has 0 fully saturated rings. The van der Waals surface area contributed by atoms with Gasteiger partial charge in [-0.05, 0) is 18.7 Å². The summed E-state index contributed by atoms with van der Waals surface area (Å²) in [5.74, 6) is -0.140. The van der Waals surface area contributed by atoms with E-state index in [1.54, 1.807) is 18.2 Å². The molecule has 0 spiro atoms. The molecule has 3 N–H and O–H groups in total. The van der Waals surface area contributed by atoms with E-state index in [1.165, 1.54) is 6.07 Å². The number of hydrogen-bond acceptors (Lipinski definition) is 3. The third-order valence-electron chi connectivity index (χ3n) is 3.24. The van der Waals surface area contributed by atoms with Gasteiger partial charge < -0.3 is 10.9 Å². The van der Waals surface area contributed by atoms with Crippen molar-refractivity contribution in [3.8, 4) is 0 Å². The van der Waals surface area contributed by atoms with Gasteiger partial charge in [-0.1, -0.05) is 47.6 Å². The topological polar surface area (TPSA) is 61.8 Å². The third kappa shape index (κ3) is 3.79. The van der Waals surface area contributed by atoms with Crippen LogP contribution < -0.4 is 5.73 Å². The van der Waals surface area contributed by atoms with E-state index in [4.69, 9.17) is 10.9 Å². The molecule has 4 nitrogen and oxygen atoms in total. The maximum atomic E-state index is 13.7. The predicted molar refractivity (Wildman–Crippen MR) is 80.5 cm³/mol. The van der Waals surface area contributed by atoms with E-state index in [1.807, 2.05) is 36.2 Å². The van der Waals surface area contributed by atoms with Crippen LogP contribution >= 0.6 is 0 Å². The summed E-state index contributed by atoms with van der Waals surface area (Å²) in [7, 11) is 1.90. The van der Waals surface area contributed by atoms with Crippen LogP contribution in [0.1, 0.15) is 16.7 Å². The minimum Gasteiger partial charge on any atom is -0.409 e. The monoisotopic (exact) mass is 287 g/mol. The van der Waals surface area contributed by atoms with E-state index < -0.39 is 0 Å². The highest BCUT2D eigenvalue weighted by atomic mass is 19.1. The van der Waals surface area contributed by atoms with Gasteiger partial charge in [0.2, 0.25) is 0 Å². The second-order valence-electron chi connectivity index (χ2n) is 4.91. The first-order valence-corrected chi connectivity index (χ1v) is 6.59. The van der Waals surface area contributed by atoms with Crippen molar-refractivity contribution in [1.82, 2.24) is 4.90 Å². The maximum absolute atomic E-state index is 13.7. The van der Waals surface area contributed by atoms with E-state index in [-0.39, 0.29) is 11.7 Å². The Bertz CT molecular complexity index is 643. The van der Waals surface area contributed by atoms with Crippen LogP contribution in [0.25, 0.3) is 0 Å². The number of hydrogen-bond donors (Lipinski definition) is 2. The van der Waals surface area contributed by atoms with Crippen molar-refractivity contribution in [1.29, 1.82) is 0 Å². The van der Waals surface area contributed by atoms with Gasteiger partial charge in [-0.3, -0.25) is 4.90 Å². The molecule has 0 amide bonds. The van der Waals surface area contributed by atoms with Crippen molar-refractivity contribution < 1.29 is 9.60 Å². The fraction of sp³-hybridized carbons (Fsp3) is 0.188. The summed E-state index contributed by atoms with van der Waals surface area (Å²) in [6, 6.07) is 14.1. The highest BCUT2D eigenvalue weighted by Gasteiger charge is 2.10. The number of rotatable bonds is 5. The minimum atomic E-state index is -0.214. The molecule has 2 aromatic rings. The molecule has 0 radical (unpaired) electrons. The van der Waals surface area contributed by atoms with Crippen LogP contribution in [0.4, 0.5) is 4.39 Å². The molecule has 21 heavy (non-hydrogen) atoms.